The van der Waals surface area contributed by atoms with Gasteiger partial charge in [0.05, 0.1) is 47.3 Å². The van der Waals surface area contributed by atoms with Crippen LogP contribution >= 0.6 is 23.2 Å². The van der Waals surface area contributed by atoms with Gasteiger partial charge in [0, 0.05) is 24.0 Å². The molecule has 0 unspecified atom stereocenters. The molecule has 4 fully saturated rings. The number of benzene rings is 5. The number of rotatable bonds is 16. The number of carboxylic acids is 1. The molecule has 612 valence electrons. The van der Waals surface area contributed by atoms with Gasteiger partial charge in [0.25, 0.3) is 0 Å². The SMILES string of the molecule is CN[C@H](CC(C)C)C(=O)N[C@H]1C(=O)N[C@@H](CC(N)=O)C(=O)N[C@H]2C(=O)N[C@H]3C(=O)N[C@H](C(=O)N[C@H](C(=O)O)c4cccc(OC)c4-c4cc3ccc4O)[C@H](O[C@H]3C[C@]4(C)NC(=O)N[C@]4(O)[C@H](C)O3)c3ccc(c(Cl)c3)Oc3cc2cc(c3O[C@@H]2O[C@H](CO)[C@@H](O)[C@H](O)[C@H]2O[C@H]2C[C@](C)(N)C(=O)[C@H](C)O2)Oc2ccc(cc2Cl)[C@H]1O. The van der Waals surface area contributed by atoms with Gasteiger partial charge in [-0.05, 0) is 129 Å². The normalized spacial score (nSPS) is 31.9. The first-order valence-electron chi connectivity index (χ1n) is 36.2. The molecule has 5 aromatic carbocycles. The fourth-order valence-electron chi connectivity index (χ4n) is 15.0. The minimum Gasteiger partial charge on any atom is -0.507 e. The largest absolute Gasteiger partial charge is 0.507 e. The molecule has 5 aromatic rings. The van der Waals surface area contributed by atoms with Gasteiger partial charge in [0.2, 0.25) is 53.4 Å². The molecule has 114 heavy (non-hydrogen) atoms. The average molecular weight is 1630 g/mol. The maximum absolute atomic E-state index is 16.5. The summed E-state index contributed by atoms with van der Waals surface area (Å²) in [6.07, 6.45) is -21.0. The Morgan fingerprint density at radius 1 is 0.719 bits per heavy atom. The molecule has 0 radical (unpaired) electrons. The van der Waals surface area contributed by atoms with Gasteiger partial charge >= 0.3 is 12.0 Å². The summed E-state index contributed by atoms with van der Waals surface area (Å²) < 4.78 is 57.7. The Bertz CT molecular complexity index is 4660. The standard InChI is InChI=1S/C75H87Cl2N11O26/c1-28(2)18-39(80-7)64(96)85-55-57(92)32-13-16-42(37(76)20-32)109-45-22-34-23-46(61(45)114-71-62(59(94)58(93)47(27-89)111-71)113-49-25-73(5,79)63(95)29(3)107-49)110-43-17-14-33(21-38(43)77)60(112-50-26-74(6)75(105,30(4)108-50)88-72(104)87-74)56-69(101)84-54(70(102)103)35-10-9-11-44(106-8)51(35)36-19-31(12-15-41(36)90)52(66(98)86-56)83-67(99)53(34)82-65(97)40(24-48(78)91)81-68(55)100/h9-17,19-23,28-30,39-40,47,49-50,52-60,62,71,80,89-90,92-94,105H,18,24-27,79H2,1-8H3,(H2,78,91)(H,81,100)(H,82,97)(H,83,99)(H,84,101)(H,85,96)(H,86,98)(H,102,103)(H2,87,88,104)/t29-,30-,39+,40-,47+,49-,50-,52+,53+,54-,55+,56-,57+,58+,59-,60+,62+,71-,73-,74-,75-/m0/s1. The number of nitrogens with one attached hydrogen (secondary N) is 9. The third-order valence-corrected chi connectivity index (χ3v) is 21.6. The number of primary amides is 1. The van der Waals surface area contributed by atoms with E-state index in [0.717, 1.165) is 24.3 Å². The Morgan fingerprint density at radius 3 is 1.97 bits per heavy atom. The van der Waals surface area contributed by atoms with E-state index in [1.54, 1.807) is 0 Å². The number of fused-ring (bicyclic) bond motifs is 16. The lowest BCUT2D eigenvalue weighted by atomic mass is 9.81. The van der Waals surface area contributed by atoms with Crippen LogP contribution in [0.25, 0.3) is 11.1 Å². The number of urea groups is 1. The van der Waals surface area contributed by atoms with E-state index in [2.05, 4.69) is 47.9 Å². The summed E-state index contributed by atoms with van der Waals surface area (Å²) in [7, 11) is 2.70. The van der Waals surface area contributed by atoms with Crippen molar-refractivity contribution in [3.63, 3.8) is 0 Å². The van der Waals surface area contributed by atoms with Crippen molar-refractivity contribution in [3.05, 3.63) is 123 Å². The van der Waals surface area contributed by atoms with Crippen LogP contribution in [-0.2, 0) is 66.8 Å². The van der Waals surface area contributed by atoms with E-state index in [0.29, 0.717) is 0 Å². The number of ketones is 1. The third-order valence-electron chi connectivity index (χ3n) is 21.0. The molecule has 11 bridgehead atoms. The lowest BCUT2D eigenvalue weighted by Gasteiger charge is -2.48. The van der Waals surface area contributed by atoms with Crippen molar-refractivity contribution in [3.8, 4) is 51.4 Å². The zero-order valence-electron chi connectivity index (χ0n) is 62.4. The average Bonchev–Trinajstić information content (AvgIpc) is 1.55. The van der Waals surface area contributed by atoms with E-state index in [1.807, 2.05) is 13.8 Å². The molecular weight excluding hydrogens is 1540 g/mol. The lowest BCUT2D eigenvalue weighted by molar-refractivity contribution is -0.323. The monoisotopic (exact) mass is 1630 g/mol. The molecule has 9 aliphatic rings. The van der Waals surface area contributed by atoms with Gasteiger partial charge in [0.1, 0.15) is 95.9 Å². The van der Waals surface area contributed by atoms with Crippen LogP contribution < -0.4 is 78.3 Å². The van der Waals surface area contributed by atoms with Crippen LogP contribution in [0.3, 0.4) is 0 Å². The highest BCUT2D eigenvalue weighted by molar-refractivity contribution is 6.32. The minimum atomic E-state index is -2.36. The molecule has 0 spiro atoms. The Morgan fingerprint density at radius 2 is 1.35 bits per heavy atom. The van der Waals surface area contributed by atoms with Gasteiger partial charge in [-0.3, -0.25) is 38.4 Å². The van der Waals surface area contributed by atoms with Crippen LogP contribution in [0.4, 0.5) is 4.79 Å². The van der Waals surface area contributed by atoms with Crippen molar-refractivity contribution >= 4 is 82.3 Å². The number of hydrogen-bond acceptors (Lipinski definition) is 27. The van der Waals surface area contributed by atoms with Gasteiger partial charge in [-0.1, -0.05) is 67.4 Å². The van der Waals surface area contributed by atoms with Gasteiger partial charge in [-0.2, -0.15) is 0 Å². The van der Waals surface area contributed by atoms with Gasteiger partial charge < -0.3 is 138 Å². The summed E-state index contributed by atoms with van der Waals surface area (Å²) >= 11 is 14.6. The van der Waals surface area contributed by atoms with E-state index >= 15 is 24.0 Å². The van der Waals surface area contributed by atoms with E-state index < -0.39 is 245 Å². The van der Waals surface area contributed by atoms with Crippen molar-refractivity contribution in [2.45, 2.75) is 194 Å². The van der Waals surface area contributed by atoms with E-state index in [4.69, 9.17) is 77.3 Å². The highest BCUT2D eigenvalue weighted by Gasteiger charge is 2.63. The second-order valence-corrected chi connectivity index (χ2v) is 30.5. The number of halogens is 2. The molecule has 37 nitrogen and oxygen atoms in total. The fraction of sp³-hybridized carbons (Fsp3) is 0.467. The fourth-order valence-corrected chi connectivity index (χ4v) is 15.4. The topological polar surface area (TPSA) is 556 Å². The number of aromatic hydroxyl groups is 1. The second kappa shape index (κ2) is 33.0. The predicted octanol–water partition coefficient (Wildman–Crippen LogP) is 0.831. The Hall–Kier alpha value is -10.1. The maximum Gasteiger partial charge on any atom is 0.330 e. The molecule has 9 heterocycles. The zero-order valence-corrected chi connectivity index (χ0v) is 63.9. The lowest BCUT2D eigenvalue weighted by Crippen LogP contribution is -2.70. The zero-order chi connectivity index (χ0) is 82.6. The Labute approximate surface area is 659 Å². The first-order chi connectivity index (χ1) is 53.8. The van der Waals surface area contributed by atoms with Crippen LogP contribution in [0.2, 0.25) is 10.0 Å². The number of phenols is 1. The number of carboxylic acid groups (broad SMARTS) is 1. The first kappa shape index (κ1) is 83.3. The molecule has 9 aliphatic heterocycles. The number of aliphatic carboxylic acids is 1. The number of likely N-dealkylation sites (N-methyl/N-ethyl adjacent to an activating group) is 1. The number of hydrogen-bond donors (Lipinski definition) is 18. The summed E-state index contributed by atoms with van der Waals surface area (Å²) in [5, 5.41) is 104. The number of nitrogens with two attached hydrogens (primary N) is 2. The molecule has 0 saturated carbocycles. The van der Waals surface area contributed by atoms with Gasteiger partial charge in [0.15, 0.2) is 47.7 Å². The van der Waals surface area contributed by atoms with Crippen molar-refractivity contribution in [2.24, 2.45) is 17.4 Å². The quantitative estimate of drug-likeness (QED) is 0.0650. The summed E-state index contributed by atoms with van der Waals surface area (Å²) in [5.74, 6) is -14.6. The number of ether oxygens (including phenoxy) is 9. The van der Waals surface area contributed by atoms with Gasteiger partial charge in [-0.25, -0.2) is 9.59 Å². The van der Waals surface area contributed by atoms with E-state index in [9.17, 15) is 59.7 Å². The molecule has 21 atom stereocenters. The maximum atomic E-state index is 16.5. The number of carbonyl (C=O) groups excluding carboxylic acids is 9. The van der Waals surface area contributed by atoms with Crippen molar-refractivity contribution < 1.29 is 126 Å². The number of aliphatic hydroxyl groups excluding tert-OH is 4. The number of aliphatic hydroxyl groups is 5. The number of amides is 9. The smallest absolute Gasteiger partial charge is 0.330 e. The highest BCUT2D eigenvalue weighted by atomic mass is 35.5. The molecule has 20 N–H and O–H groups in total. The molecule has 0 aliphatic carbocycles. The first-order valence-corrected chi connectivity index (χ1v) is 37.0. The number of carbonyl (C=O) groups is 10. The van der Waals surface area contributed by atoms with Crippen molar-refractivity contribution in [2.75, 3.05) is 20.8 Å². The third kappa shape index (κ3) is 16.6. The molecule has 4 saturated heterocycles. The minimum absolute atomic E-state index is 0.0941. The Balaban J connectivity index is 1.12. The van der Waals surface area contributed by atoms with Crippen LogP contribution in [-0.4, -0.2) is 212 Å². The number of methoxy groups -OCH3 is 1. The molecular formula is C75H87Cl2N11O26. The molecule has 9 amide bonds. The number of Topliss-reactive ketones (excluding diaryl/α,β-unsaturated/α-hetero) is 1. The van der Waals surface area contributed by atoms with Crippen LogP contribution in [0, 0.1) is 5.92 Å². The van der Waals surface area contributed by atoms with Crippen LogP contribution in [0.15, 0.2) is 84.9 Å². The van der Waals surface area contributed by atoms with Crippen LogP contribution in [0.1, 0.15) is 125 Å². The summed E-state index contributed by atoms with van der Waals surface area (Å²) in [4.78, 5) is 147. The van der Waals surface area contributed by atoms with Crippen molar-refractivity contribution in [1.82, 2.24) is 47.9 Å². The second-order valence-electron chi connectivity index (χ2n) is 29.7. The summed E-state index contributed by atoms with van der Waals surface area (Å²) in [6.45, 7) is 8.32. The summed E-state index contributed by atoms with van der Waals surface area (Å²) in [5.41, 5.74) is 5.28. The Kier molecular flexibility index (Phi) is 24.1. The van der Waals surface area contributed by atoms with Gasteiger partial charge in [-0.15, -0.1) is 0 Å². The molecule has 39 heteroatoms. The van der Waals surface area contributed by atoms with E-state index in [1.165, 1.54) is 103 Å². The summed E-state index contributed by atoms with van der Waals surface area (Å²) in [6, 6.07) is 1.95. The number of phenolic OH excluding ortho intramolecular Hbond substituents is 1. The predicted molar refractivity (Wildman–Crippen MR) is 394 cm³/mol. The van der Waals surface area contributed by atoms with Crippen LogP contribution in [0.5, 0.6) is 40.2 Å². The van der Waals surface area contributed by atoms with Crippen molar-refractivity contribution in [1.29, 1.82) is 0 Å². The molecule has 14 rings (SSSR count). The molecule has 0 aromatic heterocycles. The van der Waals surface area contributed by atoms with E-state index in [-0.39, 0.29) is 68.7 Å². The highest BCUT2D eigenvalue weighted by Crippen LogP contribution is 2.51.